The summed E-state index contributed by atoms with van der Waals surface area (Å²) in [5, 5.41) is 23.2. The van der Waals surface area contributed by atoms with Crippen LogP contribution in [0.3, 0.4) is 0 Å². The number of aromatic amines is 1. The van der Waals surface area contributed by atoms with E-state index in [0.717, 1.165) is 49.9 Å². The van der Waals surface area contributed by atoms with Crippen LogP contribution in [-0.4, -0.2) is 40.4 Å². The van der Waals surface area contributed by atoms with Crippen LogP contribution in [0.2, 0.25) is 0 Å². The van der Waals surface area contributed by atoms with Gasteiger partial charge in [0.25, 0.3) is 5.91 Å². The smallest absolute Gasteiger partial charge is 0.272 e. The van der Waals surface area contributed by atoms with Gasteiger partial charge in [0.2, 0.25) is 0 Å². The highest BCUT2D eigenvalue weighted by molar-refractivity contribution is 5.94. The molecule has 6 nitrogen and oxygen atoms in total. The van der Waals surface area contributed by atoms with E-state index in [1.54, 1.807) is 0 Å². The minimum absolute atomic E-state index is 0. The molecule has 0 spiro atoms. The second-order valence-electron chi connectivity index (χ2n) is 5.78. The van der Waals surface area contributed by atoms with Gasteiger partial charge in [-0.1, -0.05) is 12.8 Å². The van der Waals surface area contributed by atoms with E-state index in [2.05, 4.69) is 20.8 Å². The van der Waals surface area contributed by atoms with E-state index in [4.69, 9.17) is 0 Å². The van der Waals surface area contributed by atoms with Crippen molar-refractivity contribution in [2.24, 2.45) is 5.92 Å². The van der Waals surface area contributed by atoms with Crippen molar-refractivity contribution in [2.75, 3.05) is 13.1 Å². The zero-order valence-electron chi connectivity index (χ0n) is 12.0. The van der Waals surface area contributed by atoms with Gasteiger partial charge in [-0.15, -0.1) is 12.4 Å². The van der Waals surface area contributed by atoms with Crippen molar-refractivity contribution < 1.29 is 9.90 Å². The number of aliphatic hydroxyl groups is 1. The Morgan fingerprint density at radius 3 is 3.00 bits per heavy atom. The van der Waals surface area contributed by atoms with Crippen molar-refractivity contribution in [3.05, 3.63) is 17.0 Å². The number of aromatic nitrogens is 2. The maximum absolute atomic E-state index is 12.2. The summed E-state index contributed by atoms with van der Waals surface area (Å²) in [6.45, 7) is 2.15. The predicted molar refractivity (Wildman–Crippen MR) is 81.5 cm³/mol. The summed E-state index contributed by atoms with van der Waals surface area (Å²) in [7, 11) is 0. The van der Waals surface area contributed by atoms with Crippen LogP contribution in [0.25, 0.3) is 0 Å². The van der Waals surface area contributed by atoms with Crippen molar-refractivity contribution in [1.29, 1.82) is 0 Å². The minimum atomic E-state index is -0.279. The summed E-state index contributed by atoms with van der Waals surface area (Å²) in [5.74, 6) is 0.0459. The SMILES string of the molecule is Cl.O=C(NCC1CCCCC1O)c1n[nH]c2c1CNCC2. The first-order valence-corrected chi connectivity index (χ1v) is 7.49. The van der Waals surface area contributed by atoms with Gasteiger partial charge in [0, 0.05) is 43.2 Å². The van der Waals surface area contributed by atoms with E-state index in [1.807, 2.05) is 0 Å². The van der Waals surface area contributed by atoms with Crippen LogP contribution in [0.1, 0.15) is 47.4 Å². The Morgan fingerprint density at radius 2 is 2.19 bits per heavy atom. The van der Waals surface area contributed by atoms with E-state index in [1.165, 1.54) is 0 Å². The molecule has 2 aliphatic rings. The number of hydrogen-bond donors (Lipinski definition) is 4. The number of fused-ring (bicyclic) bond motifs is 1. The van der Waals surface area contributed by atoms with Crippen molar-refractivity contribution in [2.45, 2.75) is 44.8 Å². The normalized spacial score (nSPS) is 24.8. The number of nitrogens with one attached hydrogen (secondary N) is 3. The Hall–Kier alpha value is -1.11. The van der Waals surface area contributed by atoms with Gasteiger partial charge in [0.1, 0.15) is 0 Å². The number of H-pyrrole nitrogens is 1. The Bertz CT molecular complexity index is 491. The molecule has 3 rings (SSSR count). The van der Waals surface area contributed by atoms with Gasteiger partial charge in [-0.2, -0.15) is 5.10 Å². The molecule has 1 aliphatic carbocycles. The fourth-order valence-corrected chi connectivity index (χ4v) is 3.15. The lowest BCUT2D eigenvalue weighted by molar-refractivity contribution is 0.0661. The molecule has 2 heterocycles. The largest absolute Gasteiger partial charge is 0.393 e. The van der Waals surface area contributed by atoms with Crippen LogP contribution in [0.5, 0.6) is 0 Å². The highest BCUT2D eigenvalue weighted by Crippen LogP contribution is 2.23. The lowest BCUT2D eigenvalue weighted by atomic mass is 9.86. The predicted octanol–water partition coefficient (Wildman–Crippen LogP) is 0.758. The molecule has 4 N–H and O–H groups in total. The molecule has 0 bridgehead atoms. The number of aliphatic hydroxyl groups excluding tert-OH is 1. The number of rotatable bonds is 3. The molecular formula is C14H23ClN4O2. The quantitative estimate of drug-likeness (QED) is 0.663. The van der Waals surface area contributed by atoms with E-state index >= 15 is 0 Å². The molecule has 21 heavy (non-hydrogen) atoms. The number of halogens is 1. The van der Waals surface area contributed by atoms with E-state index < -0.39 is 0 Å². The van der Waals surface area contributed by atoms with Crippen LogP contribution in [0, 0.1) is 5.92 Å². The molecule has 1 aliphatic heterocycles. The lowest BCUT2D eigenvalue weighted by Gasteiger charge is -2.27. The number of carbonyl (C=O) groups is 1. The third kappa shape index (κ3) is 3.56. The number of amides is 1. The summed E-state index contributed by atoms with van der Waals surface area (Å²) in [5.41, 5.74) is 2.54. The number of hydrogen-bond acceptors (Lipinski definition) is 4. The van der Waals surface area contributed by atoms with Crippen LogP contribution in [-0.2, 0) is 13.0 Å². The Labute approximate surface area is 130 Å². The molecule has 1 saturated carbocycles. The van der Waals surface area contributed by atoms with Gasteiger partial charge in [-0.05, 0) is 12.8 Å². The average molecular weight is 315 g/mol. The zero-order chi connectivity index (χ0) is 13.9. The minimum Gasteiger partial charge on any atom is -0.393 e. The molecule has 2 atom stereocenters. The summed E-state index contributed by atoms with van der Waals surface area (Å²) in [4.78, 5) is 12.2. The standard InChI is InChI=1S/C14H22N4O2.ClH/c19-12-4-2-1-3-9(12)7-16-14(20)13-10-8-15-6-5-11(10)17-18-13;/h9,12,15,19H,1-8H2,(H,16,20)(H,17,18);1H. The fraction of sp³-hybridized carbons (Fsp3) is 0.714. The molecular weight excluding hydrogens is 292 g/mol. The first-order chi connectivity index (χ1) is 9.75. The van der Waals surface area contributed by atoms with E-state index in [9.17, 15) is 9.90 Å². The highest BCUT2D eigenvalue weighted by atomic mass is 35.5. The van der Waals surface area contributed by atoms with Crippen LogP contribution >= 0.6 is 12.4 Å². The number of carbonyl (C=O) groups excluding carboxylic acids is 1. The van der Waals surface area contributed by atoms with Crippen LogP contribution < -0.4 is 10.6 Å². The third-order valence-electron chi connectivity index (χ3n) is 4.42. The zero-order valence-corrected chi connectivity index (χ0v) is 12.8. The highest BCUT2D eigenvalue weighted by Gasteiger charge is 2.25. The van der Waals surface area contributed by atoms with Crippen molar-refractivity contribution in [1.82, 2.24) is 20.8 Å². The second-order valence-corrected chi connectivity index (χ2v) is 5.78. The van der Waals surface area contributed by atoms with E-state index in [-0.39, 0.29) is 30.3 Å². The summed E-state index contributed by atoms with van der Waals surface area (Å²) in [6.07, 6.45) is 4.67. The molecule has 0 radical (unpaired) electrons. The molecule has 1 aromatic heterocycles. The molecule has 7 heteroatoms. The summed E-state index contributed by atoms with van der Waals surface area (Å²) in [6, 6.07) is 0. The Morgan fingerprint density at radius 1 is 1.38 bits per heavy atom. The Balaban J connectivity index is 0.00000161. The maximum Gasteiger partial charge on any atom is 0.272 e. The molecule has 0 saturated heterocycles. The summed E-state index contributed by atoms with van der Waals surface area (Å²) >= 11 is 0. The molecule has 118 valence electrons. The topological polar surface area (TPSA) is 90.0 Å². The van der Waals surface area contributed by atoms with E-state index in [0.29, 0.717) is 18.8 Å². The average Bonchev–Trinajstić information content (AvgIpc) is 2.90. The molecule has 1 aromatic rings. The Kier molecular flexibility index (Phi) is 5.61. The third-order valence-corrected chi connectivity index (χ3v) is 4.42. The molecule has 2 unspecified atom stereocenters. The van der Waals surface area contributed by atoms with Crippen LogP contribution in [0.4, 0.5) is 0 Å². The lowest BCUT2D eigenvalue weighted by Crippen LogP contribution is -2.37. The molecule has 1 fully saturated rings. The van der Waals surface area contributed by atoms with Crippen molar-refractivity contribution in [3.63, 3.8) is 0 Å². The van der Waals surface area contributed by atoms with Gasteiger partial charge in [0.05, 0.1) is 6.10 Å². The summed E-state index contributed by atoms with van der Waals surface area (Å²) < 4.78 is 0. The van der Waals surface area contributed by atoms with Gasteiger partial charge in [-0.3, -0.25) is 9.89 Å². The number of nitrogens with zero attached hydrogens (tertiary/aromatic N) is 1. The maximum atomic E-state index is 12.2. The van der Waals surface area contributed by atoms with Gasteiger partial charge >= 0.3 is 0 Å². The first-order valence-electron chi connectivity index (χ1n) is 7.49. The monoisotopic (exact) mass is 314 g/mol. The fourth-order valence-electron chi connectivity index (χ4n) is 3.15. The van der Waals surface area contributed by atoms with Crippen molar-refractivity contribution in [3.8, 4) is 0 Å². The van der Waals surface area contributed by atoms with Crippen LogP contribution in [0.15, 0.2) is 0 Å². The molecule has 1 amide bonds. The first kappa shape index (κ1) is 16.3. The second kappa shape index (κ2) is 7.24. The molecule has 0 aromatic carbocycles. The van der Waals surface area contributed by atoms with Gasteiger partial charge in [-0.25, -0.2) is 0 Å². The van der Waals surface area contributed by atoms with Crippen molar-refractivity contribution >= 4 is 18.3 Å². The van der Waals surface area contributed by atoms with Gasteiger partial charge in [0.15, 0.2) is 5.69 Å². The van der Waals surface area contributed by atoms with Gasteiger partial charge < -0.3 is 15.7 Å².